The summed E-state index contributed by atoms with van der Waals surface area (Å²) < 4.78 is 0. The molecule has 0 aliphatic heterocycles. The van der Waals surface area contributed by atoms with Crippen LogP contribution < -0.4 is 0 Å². The van der Waals surface area contributed by atoms with E-state index in [0.29, 0.717) is 0 Å². The van der Waals surface area contributed by atoms with E-state index in [9.17, 15) is 0 Å². The smallest absolute Gasteiger partial charge is 0.0171 e. The fourth-order valence-electron chi connectivity index (χ4n) is 9.86. The lowest BCUT2D eigenvalue weighted by atomic mass is 9.75. The Morgan fingerprint density at radius 3 is 1.28 bits per heavy atom. The van der Waals surface area contributed by atoms with Crippen LogP contribution in [0.5, 0.6) is 0 Å². The Hall–Kier alpha value is -6.50. The third-order valence-corrected chi connectivity index (χ3v) is 12.0. The maximum absolute atomic E-state index is 2.44. The van der Waals surface area contributed by atoms with Crippen LogP contribution in [-0.4, -0.2) is 0 Å². The first-order valence-electron chi connectivity index (χ1n) is 18.7. The van der Waals surface area contributed by atoms with Crippen molar-refractivity contribution in [1.82, 2.24) is 0 Å². The highest BCUT2D eigenvalue weighted by Crippen LogP contribution is 2.58. The molecule has 0 nitrogen and oxygen atoms in total. The summed E-state index contributed by atoms with van der Waals surface area (Å²) in [5, 5.41) is 13.0. The van der Waals surface area contributed by atoms with Crippen LogP contribution in [0.3, 0.4) is 0 Å². The van der Waals surface area contributed by atoms with Gasteiger partial charge in [-0.3, -0.25) is 0 Å². The van der Waals surface area contributed by atoms with Crippen molar-refractivity contribution in [2.45, 2.75) is 19.3 Å². The molecule has 0 N–H and O–H groups in total. The highest BCUT2D eigenvalue weighted by molar-refractivity contribution is 6.23. The molecule has 0 bridgehead atoms. The molecular weight excluding hydrogens is 637 g/mol. The monoisotopic (exact) mass is 672 g/mol. The summed E-state index contributed by atoms with van der Waals surface area (Å²) in [6.07, 6.45) is 0. The minimum atomic E-state index is -0.219. The molecule has 0 amide bonds. The fraction of sp³-hybridized carbons (Fsp3) is 0.0566. The summed E-state index contributed by atoms with van der Waals surface area (Å²) in [4.78, 5) is 0. The van der Waals surface area contributed by atoms with Gasteiger partial charge in [0, 0.05) is 5.41 Å². The van der Waals surface area contributed by atoms with Crippen molar-refractivity contribution in [3.63, 3.8) is 0 Å². The van der Waals surface area contributed by atoms with E-state index in [2.05, 4.69) is 196 Å². The number of fused-ring (bicyclic) bond motifs is 11. The van der Waals surface area contributed by atoms with Crippen molar-refractivity contribution < 1.29 is 0 Å². The van der Waals surface area contributed by atoms with E-state index in [1.54, 1.807) is 0 Å². The van der Waals surface area contributed by atoms with Gasteiger partial charge in [-0.25, -0.2) is 0 Å². The molecule has 0 atom stereocenters. The Kier molecular flexibility index (Phi) is 6.40. The van der Waals surface area contributed by atoms with Gasteiger partial charge in [0.25, 0.3) is 0 Å². The second kappa shape index (κ2) is 11.2. The van der Waals surface area contributed by atoms with E-state index >= 15 is 0 Å². The minimum absolute atomic E-state index is 0.219. The van der Waals surface area contributed by atoms with Crippen LogP contribution in [0.2, 0.25) is 0 Å². The van der Waals surface area contributed by atoms with Crippen molar-refractivity contribution in [1.29, 1.82) is 0 Å². The van der Waals surface area contributed by atoms with E-state index in [1.807, 2.05) is 0 Å². The summed E-state index contributed by atoms with van der Waals surface area (Å²) in [5.41, 5.74) is 13.0. The lowest BCUT2D eigenvalue weighted by Crippen LogP contribution is -2.17. The van der Waals surface area contributed by atoms with Gasteiger partial charge in [-0.2, -0.15) is 0 Å². The lowest BCUT2D eigenvalue weighted by molar-refractivity contribution is 0.668. The summed E-state index contributed by atoms with van der Waals surface area (Å²) in [6, 6.07) is 67.6. The molecule has 10 aromatic carbocycles. The summed E-state index contributed by atoms with van der Waals surface area (Å²) in [7, 11) is 0. The van der Waals surface area contributed by atoms with Crippen LogP contribution in [0.15, 0.2) is 182 Å². The molecule has 0 heteroatoms. The molecule has 0 spiro atoms. The Bertz CT molecular complexity index is 3060. The van der Waals surface area contributed by atoms with E-state index in [0.717, 1.165) is 0 Å². The predicted molar refractivity (Wildman–Crippen MR) is 228 cm³/mol. The van der Waals surface area contributed by atoms with Crippen molar-refractivity contribution in [3.8, 4) is 44.5 Å². The quantitative estimate of drug-likeness (QED) is 0.129. The molecule has 11 rings (SSSR count). The molecule has 1 aliphatic rings. The maximum atomic E-state index is 2.44. The van der Waals surface area contributed by atoms with Crippen LogP contribution >= 0.6 is 0 Å². The zero-order valence-electron chi connectivity index (χ0n) is 29.8. The van der Waals surface area contributed by atoms with Crippen LogP contribution in [0.4, 0.5) is 0 Å². The average Bonchev–Trinajstić information content (AvgIpc) is 3.47. The fourth-order valence-corrected chi connectivity index (χ4v) is 9.86. The molecule has 1 aliphatic carbocycles. The molecule has 0 radical (unpaired) electrons. The molecule has 53 heavy (non-hydrogen) atoms. The molecule has 10 aromatic rings. The van der Waals surface area contributed by atoms with Crippen molar-refractivity contribution in [3.05, 3.63) is 193 Å². The van der Waals surface area contributed by atoms with Gasteiger partial charge in [-0.05, 0) is 109 Å². The zero-order valence-corrected chi connectivity index (χ0v) is 29.8. The molecule has 248 valence electrons. The summed E-state index contributed by atoms with van der Waals surface area (Å²) >= 11 is 0. The van der Waals surface area contributed by atoms with Crippen LogP contribution in [0.25, 0.3) is 98.4 Å². The SMILES string of the molecule is CC1(C)c2c(-c3c4ccccc4c(-c4ccc(-c5cccc6ccccc56)cc4)c4ccccc34)cccc2-c2c1c1ccccc1c1ccccc21. The Morgan fingerprint density at radius 1 is 0.264 bits per heavy atom. The third kappa shape index (κ3) is 4.24. The van der Waals surface area contributed by atoms with Gasteiger partial charge in [-0.15, -0.1) is 0 Å². The highest BCUT2D eigenvalue weighted by atomic mass is 14.4. The van der Waals surface area contributed by atoms with Crippen molar-refractivity contribution >= 4 is 53.9 Å². The van der Waals surface area contributed by atoms with E-state index in [-0.39, 0.29) is 5.41 Å². The normalized spacial score (nSPS) is 13.2. The first-order valence-corrected chi connectivity index (χ1v) is 18.7. The van der Waals surface area contributed by atoms with Gasteiger partial charge in [0.05, 0.1) is 0 Å². The highest BCUT2D eigenvalue weighted by Gasteiger charge is 2.40. The Labute approximate surface area is 309 Å². The molecular formula is C53H36. The first kappa shape index (κ1) is 30.2. The molecule has 0 aromatic heterocycles. The van der Waals surface area contributed by atoms with Crippen molar-refractivity contribution in [2.75, 3.05) is 0 Å². The van der Waals surface area contributed by atoms with Crippen LogP contribution in [0.1, 0.15) is 25.0 Å². The summed E-state index contributed by atoms with van der Waals surface area (Å²) in [5.74, 6) is 0. The minimum Gasteiger partial charge on any atom is -0.0616 e. The largest absolute Gasteiger partial charge is 0.0616 e. The zero-order chi connectivity index (χ0) is 35.3. The molecule has 0 fully saturated rings. The third-order valence-electron chi connectivity index (χ3n) is 12.0. The molecule has 0 saturated carbocycles. The average molecular weight is 673 g/mol. The van der Waals surface area contributed by atoms with Crippen LogP contribution in [-0.2, 0) is 5.41 Å². The van der Waals surface area contributed by atoms with Gasteiger partial charge in [-0.1, -0.05) is 196 Å². The van der Waals surface area contributed by atoms with Crippen LogP contribution in [0, 0.1) is 0 Å². The van der Waals surface area contributed by atoms with Gasteiger partial charge in [0.2, 0.25) is 0 Å². The van der Waals surface area contributed by atoms with Gasteiger partial charge in [0.1, 0.15) is 0 Å². The van der Waals surface area contributed by atoms with Gasteiger partial charge >= 0.3 is 0 Å². The van der Waals surface area contributed by atoms with E-state index in [4.69, 9.17) is 0 Å². The number of hydrogen-bond donors (Lipinski definition) is 0. The Balaban J connectivity index is 1.17. The number of rotatable bonds is 3. The first-order chi connectivity index (χ1) is 26.1. The Morgan fingerprint density at radius 2 is 0.660 bits per heavy atom. The number of hydrogen-bond acceptors (Lipinski definition) is 0. The van der Waals surface area contributed by atoms with Gasteiger partial charge in [0.15, 0.2) is 0 Å². The van der Waals surface area contributed by atoms with E-state index < -0.39 is 0 Å². The van der Waals surface area contributed by atoms with Gasteiger partial charge < -0.3 is 0 Å². The van der Waals surface area contributed by atoms with E-state index in [1.165, 1.54) is 109 Å². The molecule has 0 heterocycles. The molecule has 0 unspecified atom stereocenters. The standard InChI is InChI=1S/C53H36/c1-53(2)51-46(27-14-28-47(51)50-40-20-7-5-18-38(40)39-19-6-12-25-45(39)52(50)53)49-43-23-10-8-21-41(43)48(42-22-9-11-24-44(42)49)35-31-29-34(30-32-35)37-26-13-16-33-15-3-4-17-36(33)37/h3-32H,1-2H3. The molecule has 0 saturated heterocycles. The topological polar surface area (TPSA) is 0 Å². The second-order valence-corrected chi connectivity index (χ2v) is 15.1. The van der Waals surface area contributed by atoms with Crippen molar-refractivity contribution in [2.24, 2.45) is 0 Å². The maximum Gasteiger partial charge on any atom is 0.0171 e. The number of benzene rings is 10. The summed E-state index contributed by atoms with van der Waals surface area (Å²) in [6.45, 7) is 4.89. The second-order valence-electron chi connectivity index (χ2n) is 15.1. The predicted octanol–water partition coefficient (Wildman–Crippen LogP) is 14.8. The lowest BCUT2D eigenvalue weighted by Gasteiger charge is -2.27.